The zero-order valence-electron chi connectivity index (χ0n) is 15.0. The topological polar surface area (TPSA) is 66.8 Å². The Hall–Kier alpha value is -2.69. The number of rotatable bonds is 6. The number of hydrogen-bond donors (Lipinski definition) is 2. The van der Waals surface area contributed by atoms with Crippen molar-refractivity contribution in [1.82, 2.24) is 0 Å². The number of carboxylic acids is 1. The van der Waals surface area contributed by atoms with Crippen molar-refractivity contribution >= 4 is 29.2 Å². The molecule has 2 N–H and O–H groups in total. The van der Waals surface area contributed by atoms with Gasteiger partial charge in [0.25, 0.3) is 0 Å². The molecule has 0 fully saturated rings. The highest BCUT2D eigenvalue weighted by Crippen LogP contribution is 2.35. The van der Waals surface area contributed by atoms with Crippen molar-refractivity contribution in [3.05, 3.63) is 81.8 Å². The Balaban J connectivity index is 1.89. The molecule has 0 saturated heterocycles. The van der Waals surface area contributed by atoms with Crippen molar-refractivity contribution in [1.29, 1.82) is 0 Å². The first-order valence-corrected chi connectivity index (χ1v) is 9.35. The molecule has 0 aliphatic carbocycles. The largest absolute Gasteiger partial charge is 0.507 e. The minimum atomic E-state index is -1.08. The smallest absolute Gasteiger partial charge is 0.344 e. The summed E-state index contributed by atoms with van der Waals surface area (Å²) in [5.74, 6) is -0.586. The number of ether oxygens (including phenoxy) is 1. The van der Waals surface area contributed by atoms with Crippen LogP contribution in [0.15, 0.2) is 60.7 Å². The monoisotopic (exact) mass is 416 g/mol. The highest BCUT2D eigenvalue weighted by molar-refractivity contribution is 6.36. The van der Waals surface area contributed by atoms with Gasteiger partial charge in [0, 0.05) is 22.0 Å². The van der Waals surface area contributed by atoms with E-state index in [-0.39, 0.29) is 5.75 Å². The lowest BCUT2D eigenvalue weighted by Gasteiger charge is -2.14. The molecule has 0 radical (unpaired) electrons. The van der Waals surface area contributed by atoms with E-state index in [4.69, 9.17) is 33.0 Å². The van der Waals surface area contributed by atoms with Crippen molar-refractivity contribution in [3.8, 4) is 22.6 Å². The second-order valence-corrected chi connectivity index (χ2v) is 7.17. The number of phenols is 1. The van der Waals surface area contributed by atoms with Gasteiger partial charge in [0.2, 0.25) is 0 Å². The molecule has 28 heavy (non-hydrogen) atoms. The lowest BCUT2D eigenvalue weighted by molar-refractivity contribution is -0.144. The fourth-order valence-electron chi connectivity index (χ4n) is 2.82. The number of hydrogen-bond acceptors (Lipinski definition) is 3. The van der Waals surface area contributed by atoms with E-state index in [1.165, 1.54) is 6.92 Å². The Morgan fingerprint density at radius 3 is 2.29 bits per heavy atom. The van der Waals surface area contributed by atoms with E-state index in [2.05, 4.69) is 0 Å². The van der Waals surface area contributed by atoms with E-state index >= 15 is 0 Å². The average Bonchev–Trinajstić information content (AvgIpc) is 2.66. The van der Waals surface area contributed by atoms with Crippen LogP contribution in [0.5, 0.6) is 11.5 Å². The summed E-state index contributed by atoms with van der Waals surface area (Å²) in [6, 6.07) is 18.0. The number of phenolic OH excluding ortho intramolecular Hbond substituents is 1. The molecule has 0 bridgehead atoms. The molecule has 0 aliphatic rings. The van der Waals surface area contributed by atoms with E-state index in [0.29, 0.717) is 27.8 Å². The fourth-order valence-corrected chi connectivity index (χ4v) is 3.42. The molecule has 0 saturated carbocycles. The summed E-state index contributed by atoms with van der Waals surface area (Å²) in [6.45, 7) is 1.43. The molecule has 6 heteroatoms. The van der Waals surface area contributed by atoms with Crippen LogP contribution >= 0.6 is 23.2 Å². The van der Waals surface area contributed by atoms with Crippen LogP contribution in [0.25, 0.3) is 11.1 Å². The molecule has 3 aromatic rings. The lowest BCUT2D eigenvalue weighted by atomic mass is 9.98. The van der Waals surface area contributed by atoms with E-state index < -0.39 is 12.1 Å². The van der Waals surface area contributed by atoms with Gasteiger partial charge in [-0.2, -0.15) is 0 Å². The molecule has 0 aromatic heterocycles. The Kier molecular flexibility index (Phi) is 6.12. The van der Waals surface area contributed by atoms with Crippen LogP contribution in [0.3, 0.4) is 0 Å². The number of carbonyl (C=O) groups is 1. The first-order valence-electron chi connectivity index (χ1n) is 8.60. The van der Waals surface area contributed by atoms with Crippen LogP contribution in [-0.4, -0.2) is 22.3 Å². The number of halogens is 2. The number of benzene rings is 3. The Labute approximate surface area is 172 Å². The highest BCUT2D eigenvalue weighted by Gasteiger charge is 2.16. The normalized spacial score (nSPS) is 11.8. The van der Waals surface area contributed by atoms with Gasteiger partial charge < -0.3 is 14.9 Å². The van der Waals surface area contributed by atoms with E-state index in [1.807, 2.05) is 42.5 Å². The molecule has 1 atom stereocenters. The van der Waals surface area contributed by atoms with Crippen LogP contribution in [0, 0.1) is 0 Å². The molecule has 0 spiro atoms. The predicted molar refractivity (Wildman–Crippen MR) is 111 cm³/mol. The highest BCUT2D eigenvalue weighted by atomic mass is 35.5. The average molecular weight is 417 g/mol. The molecule has 4 nitrogen and oxygen atoms in total. The summed E-state index contributed by atoms with van der Waals surface area (Å²) >= 11 is 12.7. The number of carboxylic acid groups (broad SMARTS) is 1. The number of aromatic hydroxyl groups is 1. The summed E-state index contributed by atoms with van der Waals surface area (Å²) in [5, 5.41) is 19.9. The minimum Gasteiger partial charge on any atom is -0.507 e. The third kappa shape index (κ3) is 4.58. The summed E-state index contributed by atoms with van der Waals surface area (Å²) in [5.41, 5.74) is 3.25. The van der Waals surface area contributed by atoms with Crippen molar-refractivity contribution < 1.29 is 19.7 Å². The van der Waals surface area contributed by atoms with Gasteiger partial charge in [0.15, 0.2) is 6.10 Å². The standard InChI is InChI=1S/C22H18Cl2O4/c1-13(22(26)27)28-16-11-19(23)18(20(24)12-16)10-14-7-8-21(25)17(9-14)15-5-3-2-4-6-15/h2-9,11-13,25H,10H2,1H3,(H,26,27)/t13-/m1/s1. The maximum atomic E-state index is 10.9. The molecular weight excluding hydrogens is 399 g/mol. The lowest BCUT2D eigenvalue weighted by Crippen LogP contribution is -2.22. The van der Waals surface area contributed by atoms with Crippen LogP contribution in [0.2, 0.25) is 10.0 Å². The third-order valence-electron chi connectivity index (χ3n) is 4.30. The molecular formula is C22H18Cl2O4. The fraction of sp³-hybridized carbons (Fsp3) is 0.136. The van der Waals surface area contributed by atoms with E-state index in [1.54, 1.807) is 18.2 Å². The Morgan fingerprint density at radius 2 is 1.68 bits per heavy atom. The van der Waals surface area contributed by atoms with Gasteiger partial charge in [-0.25, -0.2) is 4.79 Å². The summed E-state index contributed by atoms with van der Waals surface area (Å²) in [7, 11) is 0. The van der Waals surface area contributed by atoms with E-state index in [0.717, 1.165) is 16.7 Å². The molecule has 0 aliphatic heterocycles. The van der Waals surface area contributed by atoms with Gasteiger partial charge >= 0.3 is 5.97 Å². The van der Waals surface area contributed by atoms with Gasteiger partial charge in [0.1, 0.15) is 11.5 Å². The maximum absolute atomic E-state index is 10.9. The predicted octanol–water partition coefficient (Wildman–Crippen LogP) is 5.81. The van der Waals surface area contributed by atoms with Gasteiger partial charge in [0.05, 0.1) is 0 Å². The first-order chi connectivity index (χ1) is 13.3. The van der Waals surface area contributed by atoms with Crippen molar-refractivity contribution in [2.24, 2.45) is 0 Å². The van der Waals surface area contributed by atoms with Gasteiger partial charge in [-0.15, -0.1) is 0 Å². The maximum Gasteiger partial charge on any atom is 0.344 e. The van der Waals surface area contributed by atoms with Gasteiger partial charge in [-0.05, 0) is 47.9 Å². The molecule has 0 amide bonds. The second kappa shape index (κ2) is 8.55. The molecule has 144 valence electrons. The molecule has 0 unspecified atom stereocenters. The van der Waals surface area contributed by atoms with Crippen LogP contribution in [-0.2, 0) is 11.2 Å². The zero-order valence-corrected chi connectivity index (χ0v) is 16.5. The molecule has 0 heterocycles. The third-order valence-corrected chi connectivity index (χ3v) is 4.98. The SMILES string of the molecule is C[C@@H](Oc1cc(Cl)c(Cc2ccc(O)c(-c3ccccc3)c2)c(Cl)c1)C(=O)O. The summed E-state index contributed by atoms with van der Waals surface area (Å²) in [6.07, 6.45) is -0.560. The summed E-state index contributed by atoms with van der Waals surface area (Å²) < 4.78 is 5.33. The van der Waals surface area contributed by atoms with Crippen LogP contribution < -0.4 is 4.74 Å². The zero-order chi connectivity index (χ0) is 20.3. The second-order valence-electron chi connectivity index (χ2n) is 6.36. The van der Waals surface area contributed by atoms with Crippen LogP contribution in [0.1, 0.15) is 18.1 Å². The van der Waals surface area contributed by atoms with Crippen molar-refractivity contribution in [3.63, 3.8) is 0 Å². The van der Waals surface area contributed by atoms with Gasteiger partial charge in [-0.3, -0.25) is 0 Å². The Morgan fingerprint density at radius 1 is 1.04 bits per heavy atom. The Bertz CT molecular complexity index is 980. The molecule has 3 aromatic carbocycles. The number of aliphatic carboxylic acids is 1. The molecule has 3 rings (SSSR count). The van der Waals surface area contributed by atoms with Gasteiger partial charge in [-0.1, -0.05) is 59.6 Å². The van der Waals surface area contributed by atoms with Crippen molar-refractivity contribution in [2.45, 2.75) is 19.4 Å². The van der Waals surface area contributed by atoms with E-state index in [9.17, 15) is 9.90 Å². The quantitative estimate of drug-likeness (QED) is 0.531. The summed E-state index contributed by atoms with van der Waals surface area (Å²) in [4.78, 5) is 10.9. The van der Waals surface area contributed by atoms with Crippen molar-refractivity contribution in [2.75, 3.05) is 0 Å². The van der Waals surface area contributed by atoms with Crippen LogP contribution in [0.4, 0.5) is 0 Å². The first kappa shape index (κ1) is 20.1. The minimum absolute atomic E-state index is 0.193.